The van der Waals surface area contributed by atoms with Crippen molar-refractivity contribution in [3.63, 3.8) is 0 Å². The zero-order valence-electron chi connectivity index (χ0n) is 13.1. The van der Waals surface area contributed by atoms with E-state index < -0.39 is 0 Å². The number of carbonyl (C=O) groups is 1. The number of nitrogens with zero attached hydrogens (tertiary/aromatic N) is 1. The van der Waals surface area contributed by atoms with Crippen molar-refractivity contribution < 1.29 is 4.79 Å². The largest absolute Gasteiger partial charge is 0.341 e. The Morgan fingerprint density at radius 3 is 2.80 bits per heavy atom. The van der Waals surface area contributed by atoms with Crippen molar-refractivity contribution in [2.45, 2.75) is 57.9 Å². The number of hydrogen-bond acceptors (Lipinski definition) is 2. The van der Waals surface area contributed by atoms with Crippen molar-refractivity contribution in [1.29, 1.82) is 0 Å². The van der Waals surface area contributed by atoms with Gasteiger partial charge in [-0.05, 0) is 56.4 Å². The maximum atomic E-state index is 12.7. The zero-order valence-corrected chi connectivity index (χ0v) is 13.1. The van der Waals surface area contributed by atoms with Gasteiger partial charge in [0.1, 0.15) is 0 Å². The number of hydrogen-bond donors (Lipinski definition) is 1. The van der Waals surface area contributed by atoms with E-state index in [-0.39, 0.29) is 6.04 Å². The Kier molecular flexibility index (Phi) is 4.34. The highest BCUT2D eigenvalue weighted by molar-refractivity contribution is 5.82. The highest BCUT2D eigenvalue weighted by Gasteiger charge is 2.39. The van der Waals surface area contributed by atoms with E-state index in [2.05, 4.69) is 17.1 Å². The molecule has 1 saturated heterocycles. The summed E-state index contributed by atoms with van der Waals surface area (Å²) >= 11 is 0. The van der Waals surface area contributed by atoms with Crippen LogP contribution < -0.4 is 5.32 Å². The fraction of sp³-hybridized carbons (Fsp3) is 0.941. The molecule has 3 heteroatoms. The molecular formula is C17H30N2O. The molecule has 1 N–H and O–H groups in total. The normalized spacial score (nSPS) is 41.8. The van der Waals surface area contributed by atoms with E-state index in [9.17, 15) is 4.79 Å². The molecule has 3 rings (SSSR count). The lowest BCUT2D eigenvalue weighted by Crippen LogP contribution is -2.46. The zero-order chi connectivity index (χ0) is 14.1. The second-order valence-corrected chi connectivity index (χ2v) is 7.56. The maximum Gasteiger partial charge on any atom is 0.239 e. The van der Waals surface area contributed by atoms with Crippen LogP contribution in [0.15, 0.2) is 0 Å². The van der Waals surface area contributed by atoms with Crippen LogP contribution in [-0.4, -0.2) is 37.0 Å². The first-order chi connectivity index (χ1) is 9.67. The van der Waals surface area contributed by atoms with Crippen LogP contribution in [0, 0.1) is 23.7 Å². The summed E-state index contributed by atoms with van der Waals surface area (Å²) in [5, 5.41) is 3.22. The Morgan fingerprint density at radius 2 is 2.05 bits per heavy atom. The van der Waals surface area contributed by atoms with E-state index >= 15 is 0 Å². The highest BCUT2D eigenvalue weighted by Crippen LogP contribution is 2.46. The summed E-state index contributed by atoms with van der Waals surface area (Å²) in [4.78, 5) is 14.9. The molecule has 2 saturated carbocycles. The highest BCUT2D eigenvalue weighted by atomic mass is 16.2. The van der Waals surface area contributed by atoms with Crippen molar-refractivity contribution in [3.8, 4) is 0 Å². The van der Waals surface area contributed by atoms with E-state index in [1.54, 1.807) is 0 Å². The van der Waals surface area contributed by atoms with E-state index in [1.165, 1.54) is 38.5 Å². The molecule has 1 heterocycles. The molecule has 0 aromatic carbocycles. The molecule has 0 aromatic heterocycles. The van der Waals surface area contributed by atoms with Crippen LogP contribution in [0.4, 0.5) is 0 Å². The molecule has 2 aliphatic carbocycles. The molecule has 1 amide bonds. The minimum Gasteiger partial charge on any atom is -0.341 e. The first-order valence-electron chi connectivity index (χ1n) is 8.63. The summed E-state index contributed by atoms with van der Waals surface area (Å²) in [6.07, 6.45) is 9.28. The SMILES string of the molecule is CNC1CCC(C)CN(CC2CC3CCCC2C3)C1=O. The Balaban J connectivity index is 1.66. The second-order valence-electron chi connectivity index (χ2n) is 7.56. The molecule has 5 unspecified atom stereocenters. The lowest BCUT2D eigenvalue weighted by Gasteiger charge is -2.30. The lowest BCUT2D eigenvalue weighted by molar-refractivity contribution is -0.133. The van der Waals surface area contributed by atoms with E-state index in [4.69, 9.17) is 0 Å². The van der Waals surface area contributed by atoms with Crippen molar-refractivity contribution in [2.24, 2.45) is 23.7 Å². The van der Waals surface area contributed by atoms with E-state index in [0.29, 0.717) is 11.8 Å². The molecule has 0 spiro atoms. The fourth-order valence-electron chi connectivity index (χ4n) is 4.89. The van der Waals surface area contributed by atoms with Crippen LogP contribution in [0.1, 0.15) is 51.9 Å². The predicted molar refractivity (Wildman–Crippen MR) is 81.4 cm³/mol. The topological polar surface area (TPSA) is 32.3 Å². The number of amides is 1. The monoisotopic (exact) mass is 278 g/mol. The summed E-state index contributed by atoms with van der Waals surface area (Å²) in [7, 11) is 1.93. The Hall–Kier alpha value is -0.570. The quantitative estimate of drug-likeness (QED) is 0.861. The van der Waals surface area contributed by atoms with Crippen LogP contribution in [0.25, 0.3) is 0 Å². The summed E-state index contributed by atoms with van der Waals surface area (Å²) in [5.41, 5.74) is 0. The second kappa shape index (κ2) is 6.05. The van der Waals surface area contributed by atoms with Crippen LogP contribution in [-0.2, 0) is 4.79 Å². The number of rotatable bonds is 3. The van der Waals surface area contributed by atoms with Gasteiger partial charge in [-0.25, -0.2) is 0 Å². The van der Waals surface area contributed by atoms with Crippen LogP contribution in [0.2, 0.25) is 0 Å². The van der Waals surface area contributed by atoms with Crippen molar-refractivity contribution in [1.82, 2.24) is 10.2 Å². The molecule has 114 valence electrons. The molecule has 3 aliphatic rings. The minimum absolute atomic E-state index is 0.0562. The molecule has 2 bridgehead atoms. The molecule has 0 radical (unpaired) electrons. The van der Waals surface area contributed by atoms with Gasteiger partial charge in [-0.1, -0.05) is 26.2 Å². The lowest BCUT2D eigenvalue weighted by atomic mass is 9.87. The Labute approximate surface area is 123 Å². The number of fused-ring (bicyclic) bond motifs is 2. The van der Waals surface area contributed by atoms with Gasteiger partial charge in [0.2, 0.25) is 5.91 Å². The van der Waals surface area contributed by atoms with Crippen LogP contribution in [0.3, 0.4) is 0 Å². The van der Waals surface area contributed by atoms with Gasteiger partial charge in [-0.3, -0.25) is 4.79 Å². The standard InChI is InChI=1S/C17H30N2O/c1-12-6-7-16(18-2)17(20)19(10-12)11-15-9-13-4-3-5-14(15)8-13/h12-16,18H,3-11H2,1-2H3. The predicted octanol–water partition coefficient (Wildman–Crippen LogP) is 2.66. The van der Waals surface area contributed by atoms with Gasteiger partial charge in [0.05, 0.1) is 6.04 Å². The average Bonchev–Trinajstić information content (AvgIpc) is 2.63. The summed E-state index contributed by atoms with van der Waals surface area (Å²) < 4.78 is 0. The van der Waals surface area contributed by atoms with Crippen molar-refractivity contribution in [2.75, 3.05) is 20.1 Å². The molecule has 0 aromatic rings. The van der Waals surface area contributed by atoms with Gasteiger partial charge < -0.3 is 10.2 Å². The molecule has 5 atom stereocenters. The summed E-state index contributed by atoms with van der Waals surface area (Å²) in [6, 6.07) is 0.0562. The number of likely N-dealkylation sites (N-methyl/N-ethyl adjacent to an activating group) is 1. The average molecular weight is 278 g/mol. The first kappa shape index (κ1) is 14.4. The van der Waals surface area contributed by atoms with Gasteiger partial charge in [0.15, 0.2) is 0 Å². The fourth-order valence-corrected chi connectivity index (χ4v) is 4.89. The molecule has 1 aliphatic heterocycles. The van der Waals surface area contributed by atoms with Crippen LogP contribution >= 0.6 is 0 Å². The number of nitrogens with one attached hydrogen (secondary N) is 1. The van der Waals surface area contributed by atoms with E-state index in [0.717, 1.165) is 37.3 Å². The van der Waals surface area contributed by atoms with Crippen molar-refractivity contribution in [3.05, 3.63) is 0 Å². The van der Waals surface area contributed by atoms with Gasteiger partial charge >= 0.3 is 0 Å². The van der Waals surface area contributed by atoms with Gasteiger partial charge in [-0.2, -0.15) is 0 Å². The number of likely N-dealkylation sites (tertiary alicyclic amines) is 1. The van der Waals surface area contributed by atoms with Gasteiger partial charge in [0.25, 0.3) is 0 Å². The van der Waals surface area contributed by atoms with Crippen molar-refractivity contribution >= 4 is 5.91 Å². The smallest absolute Gasteiger partial charge is 0.239 e. The molecule has 20 heavy (non-hydrogen) atoms. The Bertz CT molecular complexity index is 357. The molecule has 3 nitrogen and oxygen atoms in total. The third-order valence-electron chi connectivity index (χ3n) is 6.02. The molecule has 3 fully saturated rings. The summed E-state index contributed by atoms with van der Waals surface area (Å²) in [6.45, 7) is 4.30. The molecular weight excluding hydrogens is 248 g/mol. The third-order valence-corrected chi connectivity index (χ3v) is 6.02. The number of carbonyl (C=O) groups excluding carboxylic acids is 1. The van der Waals surface area contributed by atoms with Gasteiger partial charge in [-0.15, -0.1) is 0 Å². The third kappa shape index (κ3) is 2.88. The summed E-state index contributed by atoms with van der Waals surface area (Å²) in [5.74, 6) is 3.68. The maximum absolute atomic E-state index is 12.7. The first-order valence-corrected chi connectivity index (χ1v) is 8.63. The van der Waals surface area contributed by atoms with E-state index in [1.807, 2.05) is 7.05 Å². The minimum atomic E-state index is 0.0562. The Morgan fingerprint density at radius 1 is 1.20 bits per heavy atom. The van der Waals surface area contributed by atoms with Gasteiger partial charge in [0, 0.05) is 13.1 Å². The van der Waals surface area contributed by atoms with Crippen LogP contribution in [0.5, 0.6) is 0 Å².